The van der Waals surface area contributed by atoms with Gasteiger partial charge in [0.15, 0.2) is 0 Å². The molecule has 0 saturated carbocycles. The van der Waals surface area contributed by atoms with Crippen molar-refractivity contribution in [2.45, 2.75) is 18.5 Å². The second-order valence-electron chi connectivity index (χ2n) is 7.42. The van der Waals surface area contributed by atoms with Crippen LogP contribution in [0.2, 0.25) is 5.02 Å². The maximum absolute atomic E-state index is 12.9. The zero-order valence-corrected chi connectivity index (χ0v) is 16.1. The number of halogens is 1. The minimum atomic E-state index is -0.401. The number of hydrogen-bond donors (Lipinski definition) is 0. The Morgan fingerprint density at radius 2 is 1.90 bits per heavy atom. The number of amides is 1. The van der Waals surface area contributed by atoms with E-state index in [1.54, 1.807) is 42.6 Å². The number of anilines is 1. The quantitative estimate of drug-likeness (QED) is 0.485. The van der Waals surface area contributed by atoms with Crippen LogP contribution in [0.15, 0.2) is 54.7 Å². The van der Waals surface area contributed by atoms with E-state index in [9.17, 15) is 14.9 Å². The van der Waals surface area contributed by atoms with E-state index in [1.807, 2.05) is 11.0 Å². The van der Waals surface area contributed by atoms with E-state index >= 15 is 0 Å². The lowest BCUT2D eigenvalue weighted by Crippen LogP contribution is -2.48. The molecule has 146 valence electrons. The van der Waals surface area contributed by atoms with Crippen molar-refractivity contribution in [3.63, 3.8) is 0 Å². The summed E-state index contributed by atoms with van der Waals surface area (Å²) in [6, 6.07) is 14.2. The molecule has 2 fully saturated rings. The molecular weight excluding hydrogens is 392 g/mol. The van der Waals surface area contributed by atoms with Gasteiger partial charge in [0.25, 0.3) is 11.6 Å². The fourth-order valence-electron chi connectivity index (χ4n) is 4.51. The zero-order valence-electron chi connectivity index (χ0n) is 15.4. The van der Waals surface area contributed by atoms with E-state index < -0.39 is 4.92 Å². The number of nitro groups is 1. The molecule has 1 amide bonds. The highest BCUT2D eigenvalue weighted by Crippen LogP contribution is 2.40. The monoisotopic (exact) mass is 408 g/mol. The highest BCUT2D eigenvalue weighted by molar-refractivity contribution is 6.30. The zero-order chi connectivity index (χ0) is 20.1. The molecule has 5 rings (SSSR count). The lowest BCUT2D eigenvalue weighted by Gasteiger charge is -2.36. The number of carbonyl (C=O) groups is 1. The Balaban J connectivity index is 1.43. The molecule has 3 heterocycles. The lowest BCUT2D eigenvalue weighted by atomic mass is 10.1. The van der Waals surface area contributed by atoms with E-state index in [-0.39, 0.29) is 23.7 Å². The van der Waals surface area contributed by atoms with E-state index in [4.69, 9.17) is 11.6 Å². The van der Waals surface area contributed by atoms with Gasteiger partial charge >= 0.3 is 0 Å². The Kier molecular flexibility index (Phi) is 4.13. The first-order valence-electron chi connectivity index (χ1n) is 9.38. The van der Waals surface area contributed by atoms with Gasteiger partial charge in [0.2, 0.25) is 0 Å². The number of rotatable bonds is 3. The Morgan fingerprint density at radius 1 is 1.10 bits per heavy atom. The van der Waals surface area contributed by atoms with Crippen molar-refractivity contribution in [1.82, 2.24) is 9.88 Å². The van der Waals surface area contributed by atoms with Crippen molar-refractivity contribution >= 4 is 39.8 Å². The number of benzene rings is 2. The molecular formula is C21H17ClN4O3. The third kappa shape index (κ3) is 2.89. The van der Waals surface area contributed by atoms with Crippen LogP contribution >= 0.6 is 11.6 Å². The number of non-ortho nitro benzene ring substituents is 1. The van der Waals surface area contributed by atoms with Crippen molar-refractivity contribution < 1.29 is 9.72 Å². The van der Waals surface area contributed by atoms with Crippen LogP contribution in [0, 0.1) is 10.1 Å². The number of fused-ring (bicyclic) bond motifs is 3. The number of hydrogen-bond acceptors (Lipinski definition) is 5. The normalized spacial score (nSPS) is 20.4. The van der Waals surface area contributed by atoms with Gasteiger partial charge in [-0.3, -0.25) is 14.9 Å². The molecule has 2 bridgehead atoms. The summed E-state index contributed by atoms with van der Waals surface area (Å²) < 4.78 is 0. The van der Waals surface area contributed by atoms with Crippen LogP contribution in [0.1, 0.15) is 16.8 Å². The number of nitro benzene ring substituents is 1. The van der Waals surface area contributed by atoms with Gasteiger partial charge < -0.3 is 9.80 Å². The second-order valence-corrected chi connectivity index (χ2v) is 7.86. The molecule has 2 aliphatic heterocycles. The summed E-state index contributed by atoms with van der Waals surface area (Å²) in [5.41, 5.74) is 1.98. The topological polar surface area (TPSA) is 79.6 Å². The maximum atomic E-state index is 12.9. The summed E-state index contributed by atoms with van der Waals surface area (Å²) in [7, 11) is 0. The van der Waals surface area contributed by atoms with Crippen molar-refractivity contribution in [3.05, 3.63) is 75.4 Å². The average molecular weight is 409 g/mol. The van der Waals surface area contributed by atoms with Gasteiger partial charge in [0, 0.05) is 53.1 Å². The third-order valence-electron chi connectivity index (χ3n) is 5.82. The first-order chi connectivity index (χ1) is 14.0. The van der Waals surface area contributed by atoms with Crippen molar-refractivity contribution in [1.29, 1.82) is 0 Å². The molecule has 2 atom stereocenters. The third-order valence-corrected chi connectivity index (χ3v) is 6.08. The van der Waals surface area contributed by atoms with Crippen LogP contribution in [-0.4, -0.2) is 45.9 Å². The summed E-state index contributed by atoms with van der Waals surface area (Å²) >= 11 is 5.93. The largest absolute Gasteiger partial charge is 0.364 e. The molecule has 3 aromatic rings. The lowest BCUT2D eigenvalue weighted by molar-refractivity contribution is -0.383. The molecule has 0 spiro atoms. The number of pyridine rings is 1. The Labute approximate surface area is 171 Å². The standard InChI is InChI=1S/C21H17ClN4O3/c22-14-5-3-13(4-6-14)21(27)25-12-15-10-16(25)11-24(15)18-7-8-19(26(28)29)20-17(18)2-1-9-23-20/h1-9,15-16H,10-12H2/t15-,16-/m1/s1. The fraction of sp³-hybridized carbons (Fsp3) is 0.238. The van der Waals surface area contributed by atoms with Gasteiger partial charge in [-0.1, -0.05) is 11.6 Å². The minimum Gasteiger partial charge on any atom is -0.364 e. The Morgan fingerprint density at radius 3 is 2.59 bits per heavy atom. The van der Waals surface area contributed by atoms with Crippen molar-refractivity contribution in [3.8, 4) is 0 Å². The van der Waals surface area contributed by atoms with Gasteiger partial charge in [-0.25, -0.2) is 4.98 Å². The molecule has 0 unspecified atom stereocenters. The van der Waals surface area contributed by atoms with Gasteiger partial charge in [-0.2, -0.15) is 0 Å². The highest BCUT2D eigenvalue weighted by atomic mass is 35.5. The molecule has 0 N–H and O–H groups in total. The molecule has 2 aromatic carbocycles. The number of aromatic nitrogens is 1. The average Bonchev–Trinajstić information content (AvgIpc) is 3.34. The second kappa shape index (κ2) is 6.70. The summed E-state index contributed by atoms with van der Waals surface area (Å²) in [6.45, 7) is 1.33. The van der Waals surface area contributed by atoms with E-state index in [1.165, 1.54) is 6.07 Å². The van der Waals surface area contributed by atoms with Crippen molar-refractivity contribution in [2.75, 3.05) is 18.0 Å². The summed E-state index contributed by atoms with van der Waals surface area (Å²) in [5.74, 6) is 0.0176. The number of piperazine rings is 1. The molecule has 0 aliphatic carbocycles. The van der Waals surface area contributed by atoms with Crippen LogP contribution in [0.4, 0.5) is 11.4 Å². The maximum Gasteiger partial charge on any atom is 0.295 e. The highest BCUT2D eigenvalue weighted by Gasteiger charge is 2.46. The molecule has 2 aliphatic rings. The SMILES string of the molecule is O=C(c1ccc(Cl)cc1)N1C[C@H]2C[C@@H]1CN2c1ccc([N+](=O)[O-])c2ncccc12. The van der Waals surface area contributed by atoms with E-state index in [0.717, 1.165) is 17.5 Å². The van der Waals surface area contributed by atoms with Gasteiger partial charge in [-0.05, 0) is 48.9 Å². The summed E-state index contributed by atoms with van der Waals surface area (Å²) in [6.07, 6.45) is 2.46. The smallest absolute Gasteiger partial charge is 0.295 e. The van der Waals surface area contributed by atoms with Gasteiger partial charge in [0.05, 0.1) is 11.0 Å². The summed E-state index contributed by atoms with van der Waals surface area (Å²) in [5, 5.41) is 12.7. The van der Waals surface area contributed by atoms with Crippen LogP contribution in [-0.2, 0) is 0 Å². The summed E-state index contributed by atoms with van der Waals surface area (Å²) in [4.78, 5) is 32.3. The number of carbonyl (C=O) groups excluding carboxylic acids is 1. The predicted molar refractivity (Wildman–Crippen MR) is 110 cm³/mol. The number of nitrogens with zero attached hydrogens (tertiary/aromatic N) is 4. The van der Waals surface area contributed by atoms with E-state index in [0.29, 0.717) is 29.2 Å². The molecule has 7 nitrogen and oxygen atoms in total. The first kappa shape index (κ1) is 17.9. The van der Waals surface area contributed by atoms with Gasteiger partial charge in [-0.15, -0.1) is 0 Å². The molecule has 1 aromatic heterocycles. The van der Waals surface area contributed by atoms with Crippen molar-refractivity contribution in [2.24, 2.45) is 0 Å². The van der Waals surface area contributed by atoms with Crippen LogP contribution in [0.5, 0.6) is 0 Å². The fourth-order valence-corrected chi connectivity index (χ4v) is 4.64. The number of likely N-dealkylation sites (tertiary alicyclic amines) is 1. The minimum absolute atomic E-state index is 0.00764. The molecule has 2 saturated heterocycles. The van der Waals surface area contributed by atoms with Crippen LogP contribution in [0.3, 0.4) is 0 Å². The Bertz CT molecular complexity index is 1130. The Hall–Kier alpha value is -3.19. The molecule has 0 radical (unpaired) electrons. The van der Waals surface area contributed by atoms with Crippen LogP contribution in [0.25, 0.3) is 10.9 Å². The van der Waals surface area contributed by atoms with Gasteiger partial charge in [0.1, 0.15) is 5.52 Å². The van der Waals surface area contributed by atoms with Crippen LogP contribution < -0.4 is 4.90 Å². The van der Waals surface area contributed by atoms with E-state index in [2.05, 4.69) is 9.88 Å². The molecule has 8 heteroatoms. The first-order valence-corrected chi connectivity index (χ1v) is 9.76. The molecule has 29 heavy (non-hydrogen) atoms. The predicted octanol–water partition coefficient (Wildman–Crippen LogP) is 3.90.